The van der Waals surface area contributed by atoms with Crippen LogP contribution in [-0.4, -0.2) is 19.7 Å². The second kappa shape index (κ2) is 6.25. The molecule has 0 saturated carbocycles. The van der Waals surface area contributed by atoms with Crippen LogP contribution in [0.4, 0.5) is 0 Å². The summed E-state index contributed by atoms with van der Waals surface area (Å²) in [5, 5.41) is 14.6. The van der Waals surface area contributed by atoms with E-state index < -0.39 is 0 Å². The van der Waals surface area contributed by atoms with Gasteiger partial charge in [0.1, 0.15) is 5.65 Å². The average Bonchev–Trinajstić information content (AvgIpc) is 3.20. The zero-order valence-corrected chi connectivity index (χ0v) is 13.6. The van der Waals surface area contributed by atoms with Gasteiger partial charge < -0.3 is 4.98 Å². The Morgan fingerprint density at radius 3 is 3.00 bits per heavy atom. The molecule has 5 nitrogen and oxygen atoms in total. The van der Waals surface area contributed by atoms with Gasteiger partial charge in [-0.1, -0.05) is 6.42 Å². The minimum Gasteiger partial charge on any atom is -0.346 e. The molecule has 0 atom stereocenters. The zero-order chi connectivity index (χ0) is 16.3. The molecule has 3 aromatic rings. The number of aromatic nitrogens is 4. The molecule has 1 N–H and O–H groups in total. The van der Waals surface area contributed by atoms with Crippen molar-refractivity contribution in [1.82, 2.24) is 19.7 Å². The van der Waals surface area contributed by atoms with Crippen LogP contribution in [0.15, 0.2) is 36.9 Å². The van der Waals surface area contributed by atoms with Crippen LogP contribution >= 0.6 is 0 Å². The molecule has 0 aliphatic carbocycles. The highest BCUT2D eigenvalue weighted by atomic mass is 15.3. The summed E-state index contributed by atoms with van der Waals surface area (Å²) in [6.45, 7) is 4.86. The Morgan fingerprint density at radius 2 is 2.17 bits per heavy atom. The van der Waals surface area contributed by atoms with Crippen molar-refractivity contribution in [2.24, 2.45) is 5.41 Å². The molecule has 5 heteroatoms. The van der Waals surface area contributed by atoms with Crippen LogP contribution < -0.4 is 0 Å². The number of aromatic amines is 1. The third-order valence-corrected chi connectivity index (χ3v) is 4.15. The van der Waals surface area contributed by atoms with E-state index in [0.717, 1.165) is 48.0 Å². The van der Waals surface area contributed by atoms with Crippen molar-refractivity contribution in [3.05, 3.63) is 36.9 Å². The maximum absolute atomic E-state index is 9.03. The van der Waals surface area contributed by atoms with Crippen LogP contribution in [0.2, 0.25) is 0 Å². The molecule has 3 aromatic heterocycles. The number of H-pyrrole nitrogens is 1. The number of rotatable bonds is 6. The standard InChI is InChI=1S/C18H21N5/c1-18(2,13-19)7-3-4-10-23-12-14(11-22-23)15-5-8-20-17-16(15)6-9-21-17/h5-6,8-9,11-12H,3-4,7,10H2,1-2H3,(H,20,21). The summed E-state index contributed by atoms with van der Waals surface area (Å²) in [6.07, 6.45) is 10.7. The van der Waals surface area contributed by atoms with E-state index in [9.17, 15) is 0 Å². The number of unbranched alkanes of at least 4 members (excludes halogenated alkanes) is 1. The topological polar surface area (TPSA) is 70.3 Å². The largest absolute Gasteiger partial charge is 0.346 e. The predicted molar refractivity (Wildman–Crippen MR) is 90.6 cm³/mol. The van der Waals surface area contributed by atoms with E-state index in [4.69, 9.17) is 5.26 Å². The van der Waals surface area contributed by atoms with E-state index in [1.807, 2.05) is 49.3 Å². The van der Waals surface area contributed by atoms with E-state index in [2.05, 4.69) is 27.3 Å². The van der Waals surface area contributed by atoms with Crippen LogP contribution in [-0.2, 0) is 6.54 Å². The van der Waals surface area contributed by atoms with Crippen LogP contribution in [0.1, 0.15) is 33.1 Å². The lowest BCUT2D eigenvalue weighted by Gasteiger charge is -2.14. The first-order chi connectivity index (χ1) is 11.1. The Balaban J connectivity index is 1.65. The van der Waals surface area contributed by atoms with Crippen molar-refractivity contribution >= 4 is 11.0 Å². The van der Waals surface area contributed by atoms with Crippen molar-refractivity contribution < 1.29 is 0 Å². The Bertz CT molecular complexity index is 834. The highest BCUT2D eigenvalue weighted by molar-refractivity contribution is 5.92. The maximum Gasteiger partial charge on any atom is 0.137 e. The van der Waals surface area contributed by atoms with Crippen molar-refractivity contribution in [3.63, 3.8) is 0 Å². The molecule has 0 unspecified atom stereocenters. The van der Waals surface area contributed by atoms with Gasteiger partial charge in [0.25, 0.3) is 0 Å². The Kier molecular flexibility index (Phi) is 4.16. The molecule has 118 valence electrons. The van der Waals surface area contributed by atoms with Gasteiger partial charge in [0.2, 0.25) is 0 Å². The van der Waals surface area contributed by atoms with E-state index in [0.29, 0.717) is 0 Å². The first-order valence-corrected chi connectivity index (χ1v) is 7.95. The summed E-state index contributed by atoms with van der Waals surface area (Å²) < 4.78 is 1.98. The fraction of sp³-hybridized carbons (Fsp3) is 0.389. The third-order valence-electron chi connectivity index (χ3n) is 4.15. The minimum absolute atomic E-state index is 0.230. The fourth-order valence-electron chi connectivity index (χ4n) is 2.73. The molecule has 3 heterocycles. The van der Waals surface area contributed by atoms with E-state index in [-0.39, 0.29) is 5.41 Å². The smallest absolute Gasteiger partial charge is 0.137 e. The molecule has 0 radical (unpaired) electrons. The number of aryl methyl sites for hydroxylation is 1. The summed E-state index contributed by atoms with van der Waals surface area (Å²) in [6, 6.07) is 6.41. The predicted octanol–water partition coefficient (Wildman–Crippen LogP) is 4.15. The quantitative estimate of drug-likeness (QED) is 0.695. The minimum atomic E-state index is -0.230. The van der Waals surface area contributed by atoms with Crippen LogP contribution in [0.3, 0.4) is 0 Å². The Morgan fingerprint density at radius 1 is 1.30 bits per heavy atom. The van der Waals surface area contributed by atoms with Gasteiger partial charge in [-0.25, -0.2) is 4.98 Å². The monoisotopic (exact) mass is 307 g/mol. The van der Waals surface area contributed by atoms with Gasteiger partial charge in [0, 0.05) is 36.1 Å². The van der Waals surface area contributed by atoms with Crippen molar-refractivity contribution in [2.45, 2.75) is 39.7 Å². The lowest BCUT2D eigenvalue weighted by atomic mass is 9.89. The number of nitriles is 1. The van der Waals surface area contributed by atoms with Crippen molar-refractivity contribution in [3.8, 4) is 17.2 Å². The molecule has 0 amide bonds. The Hall–Kier alpha value is -2.61. The van der Waals surface area contributed by atoms with Gasteiger partial charge in [-0.05, 0) is 44.4 Å². The van der Waals surface area contributed by atoms with Gasteiger partial charge in [0.15, 0.2) is 0 Å². The number of hydrogen-bond donors (Lipinski definition) is 1. The summed E-state index contributed by atoms with van der Waals surface area (Å²) in [5.74, 6) is 0. The molecule has 0 bridgehead atoms. The van der Waals surface area contributed by atoms with Crippen LogP contribution in [0.25, 0.3) is 22.2 Å². The van der Waals surface area contributed by atoms with E-state index in [1.54, 1.807) is 0 Å². The molecule has 0 fully saturated rings. The molecule has 23 heavy (non-hydrogen) atoms. The SMILES string of the molecule is CC(C)(C#N)CCCCn1cc(-c2ccnc3[nH]ccc23)cn1. The van der Waals surface area contributed by atoms with Gasteiger partial charge >= 0.3 is 0 Å². The van der Waals surface area contributed by atoms with Crippen LogP contribution in [0.5, 0.6) is 0 Å². The van der Waals surface area contributed by atoms with E-state index in [1.165, 1.54) is 0 Å². The fourth-order valence-corrected chi connectivity index (χ4v) is 2.73. The van der Waals surface area contributed by atoms with Gasteiger partial charge in [0.05, 0.1) is 17.7 Å². The molecule has 0 saturated heterocycles. The lowest BCUT2D eigenvalue weighted by molar-refractivity contribution is 0.412. The maximum atomic E-state index is 9.03. The summed E-state index contributed by atoms with van der Waals surface area (Å²) in [7, 11) is 0. The average molecular weight is 307 g/mol. The number of hydrogen-bond acceptors (Lipinski definition) is 3. The first kappa shape index (κ1) is 15.3. The van der Waals surface area contributed by atoms with Crippen LogP contribution in [0, 0.1) is 16.7 Å². The third kappa shape index (κ3) is 3.42. The summed E-state index contributed by atoms with van der Waals surface area (Å²) >= 11 is 0. The highest BCUT2D eigenvalue weighted by Gasteiger charge is 2.15. The van der Waals surface area contributed by atoms with Crippen molar-refractivity contribution in [2.75, 3.05) is 0 Å². The molecule has 0 spiro atoms. The number of pyridine rings is 1. The Labute approximate surface area is 136 Å². The molecule has 0 aromatic carbocycles. The molecule has 0 aliphatic heterocycles. The summed E-state index contributed by atoms with van der Waals surface area (Å²) in [5.41, 5.74) is 2.92. The van der Waals surface area contributed by atoms with E-state index >= 15 is 0 Å². The molecule has 3 rings (SSSR count). The second-order valence-corrected chi connectivity index (χ2v) is 6.54. The highest BCUT2D eigenvalue weighted by Crippen LogP contribution is 2.26. The molecular weight excluding hydrogens is 286 g/mol. The zero-order valence-electron chi connectivity index (χ0n) is 13.6. The van der Waals surface area contributed by atoms with Gasteiger partial charge in [-0.15, -0.1) is 0 Å². The first-order valence-electron chi connectivity index (χ1n) is 7.95. The van der Waals surface area contributed by atoms with Crippen molar-refractivity contribution in [1.29, 1.82) is 5.26 Å². The van der Waals surface area contributed by atoms with Gasteiger partial charge in [-0.3, -0.25) is 4.68 Å². The second-order valence-electron chi connectivity index (χ2n) is 6.54. The normalized spacial score (nSPS) is 11.7. The summed E-state index contributed by atoms with van der Waals surface area (Å²) in [4.78, 5) is 7.45. The molecular formula is C18H21N5. The number of fused-ring (bicyclic) bond motifs is 1. The molecule has 0 aliphatic rings. The lowest BCUT2D eigenvalue weighted by Crippen LogP contribution is -2.08. The number of nitrogens with one attached hydrogen (secondary N) is 1. The van der Waals surface area contributed by atoms with Gasteiger partial charge in [-0.2, -0.15) is 10.4 Å². The number of nitrogens with zero attached hydrogens (tertiary/aromatic N) is 4.